The molecule has 0 bridgehead atoms. The summed E-state index contributed by atoms with van der Waals surface area (Å²) in [5.74, 6) is -0.869. The molecule has 0 aliphatic heterocycles. The van der Waals surface area contributed by atoms with Gasteiger partial charge in [0.25, 0.3) is 17.5 Å². The van der Waals surface area contributed by atoms with Crippen LogP contribution in [0.2, 0.25) is 0 Å². The first-order chi connectivity index (χ1) is 14.9. The van der Waals surface area contributed by atoms with Gasteiger partial charge in [0, 0.05) is 30.1 Å². The molecule has 0 aromatic heterocycles. The normalized spacial score (nSPS) is 10.1. The number of thiocarbonyl (C=S) groups is 1. The van der Waals surface area contributed by atoms with Crippen molar-refractivity contribution in [2.24, 2.45) is 0 Å². The van der Waals surface area contributed by atoms with Crippen molar-refractivity contribution in [2.75, 3.05) is 17.3 Å². The second-order valence-corrected chi connectivity index (χ2v) is 6.87. The van der Waals surface area contributed by atoms with Crippen LogP contribution in [0, 0.1) is 10.1 Å². The largest absolute Gasteiger partial charge is 0.332 e. The number of hydrogen-bond donors (Lipinski definition) is 2. The van der Waals surface area contributed by atoms with Gasteiger partial charge in [0.15, 0.2) is 5.11 Å². The van der Waals surface area contributed by atoms with E-state index in [1.165, 1.54) is 24.3 Å². The number of nitro benzene ring substituents is 1. The molecule has 3 aromatic carbocycles. The summed E-state index contributed by atoms with van der Waals surface area (Å²) < 4.78 is 0. The molecule has 0 saturated carbocycles. The maximum atomic E-state index is 12.6. The lowest BCUT2D eigenvalue weighted by molar-refractivity contribution is -0.385. The Morgan fingerprint density at radius 1 is 0.935 bits per heavy atom. The van der Waals surface area contributed by atoms with Crippen molar-refractivity contribution >= 4 is 46.2 Å². The number of amides is 2. The third kappa shape index (κ3) is 5.28. The molecule has 8 nitrogen and oxygen atoms in total. The third-order valence-electron chi connectivity index (χ3n) is 4.41. The number of rotatable bonds is 5. The van der Waals surface area contributed by atoms with E-state index in [-0.39, 0.29) is 22.3 Å². The lowest BCUT2D eigenvalue weighted by Crippen LogP contribution is -2.34. The minimum atomic E-state index is -0.693. The van der Waals surface area contributed by atoms with Gasteiger partial charge in [-0.1, -0.05) is 30.3 Å². The summed E-state index contributed by atoms with van der Waals surface area (Å²) in [6, 6.07) is 21.4. The molecule has 0 heterocycles. The van der Waals surface area contributed by atoms with Gasteiger partial charge in [-0.3, -0.25) is 25.0 Å². The van der Waals surface area contributed by atoms with E-state index in [9.17, 15) is 19.7 Å². The standard InChI is InChI=1S/C22H18N4O4S/c1-25(17-7-3-2-4-8-17)21(28)15-11-13-16(14-12-15)23-22(31)24-20(27)18-9-5-6-10-19(18)26(29)30/h2-14H,1H3,(H2,23,24,27,31). The van der Waals surface area contributed by atoms with Gasteiger partial charge in [-0.2, -0.15) is 0 Å². The van der Waals surface area contributed by atoms with Gasteiger partial charge >= 0.3 is 0 Å². The summed E-state index contributed by atoms with van der Waals surface area (Å²) in [7, 11) is 1.69. The van der Waals surface area contributed by atoms with E-state index in [2.05, 4.69) is 10.6 Å². The molecule has 2 amide bonds. The van der Waals surface area contributed by atoms with Crippen molar-refractivity contribution in [3.8, 4) is 0 Å². The summed E-state index contributed by atoms with van der Waals surface area (Å²) >= 11 is 5.12. The zero-order chi connectivity index (χ0) is 22.4. The number of anilines is 2. The molecule has 3 rings (SSSR count). The van der Waals surface area contributed by atoms with Crippen LogP contribution < -0.4 is 15.5 Å². The number of hydrogen-bond acceptors (Lipinski definition) is 5. The Labute approximate surface area is 183 Å². The SMILES string of the molecule is CN(C(=O)c1ccc(NC(=S)NC(=O)c2ccccc2[N+](=O)[O-])cc1)c1ccccc1. The van der Waals surface area contributed by atoms with Crippen LogP contribution >= 0.6 is 12.2 Å². The number of nitrogens with one attached hydrogen (secondary N) is 2. The Morgan fingerprint density at radius 3 is 2.19 bits per heavy atom. The Bertz CT molecular complexity index is 1130. The Balaban J connectivity index is 1.63. The molecule has 0 aliphatic rings. The van der Waals surface area contributed by atoms with Crippen molar-refractivity contribution in [3.63, 3.8) is 0 Å². The number of carbonyl (C=O) groups excluding carboxylic acids is 2. The number of carbonyl (C=O) groups is 2. The van der Waals surface area contributed by atoms with E-state index in [1.54, 1.807) is 36.2 Å². The molecular formula is C22H18N4O4S. The van der Waals surface area contributed by atoms with Crippen LogP contribution in [0.4, 0.5) is 17.1 Å². The first-order valence-corrected chi connectivity index (χ1v) is 9.56. The Morgan fingerprint density at radius 2 is 1.55 bits per heavy atom. The summed E-state index contributed by atoms with van der Waals surface area (Å²) in [6.07, 6.45) is 0. The lowest BCUT2D eigenvalue weighted by Gasteiger charge is -2.17. The molecule has 156 valence electrons. The van der Waals surface area contributed by atoms with Gasteiger partial charge in [-0.25, -0.2) is 0 Å². The smallest absolute Gasteiger partial charge is 0.282 e. The van der Waals surface area contributed by atoms with Gasteiger partial charge in [-0.05, 0) is 54.7 Å². The summed E-state index contributed by atoms with van der Waals surface area (Å²) in [4.78, 5) is 37.0. The second kappa shape index (κ2) is 9.59. The van der Waals surface area contributed by atoms with Gasteiger partial charge in [0.1, 0.15) is 5.56 Å². The third-order valence-corrected chi connectivity index (χ3v) is 4.61. The number of nitrogens with zero attached hydrogens (tertiary/aromatic N) is 2. The molecule has 0 fully saturated rings. The Kier molecular flexibility index (Phi) is 6.68. The van der Waals surface area contributed by atoms with Crippen molar-refractivity contribution in [1.29, 1.82) is 0 Å². The fourth-order valence-electron chi connectivity index (χ4n) is 2.82. The summed E-state index contributed by atoms with van der Waals surface area (Å²) in [5, 5.41) is 16.3. The van der Waals surface area contributed by atoms with E-state index in [1.807, 2.05) is 30.3 Å². The predicted octanol–water partition coefficient (Wildman–Crippen LogP) is 4.00. The average Bonchev–Trinajstić information content (AvgIpc) is 2.79. The molecule has 3 aromatic rings. The van der Waals surface area contributed by atoms with Gasteiger partial charge in [0.05, 0.1) is 4.92 Å². The number of nitro groups is 1. The first kappa shape index (κ1) is 21.6. The average molecular weight is 434 g/mol. The monoisotopic (exact) mass is 434 g/mol. The van der Waals surface area contributed by atoms with Crippen molar-refractivity contribution in [1.82, 2.24) is 5.32 Å². The molecule has 0 unspecified atom stereocenters. The minimum absolute atomic E-state index is 0.0244. The fraction of sp³-hybridized carbons (Fsp3) is 0.0455. The molecule has 0 saturated heterocycles. The van der Waals surface area contributed by atoms with Gasteiger partial charge < -0.3 is 10.2 Å². The van der Waals surface area contributed by atoms with Crippen LogP contribution in [0.25, 0.3) is 0 Å². The lowest BCUT2D eigenvalue weighted by atomic mass is 10.1. The molecule has 0 aliphatic carbocycles. The molecule has 0 radical (unpaired) electrons. The first-order valence-electron chi connectivity index (χ1n) is 9.15. The van der Waals surface area contributed by atoms with Crippen LogP contribution in [-0.2, 0) is 0 Å². The molecule has 0 atom stereocenters. The molecular weight excluding hydrogens is 416 g/mol. The fourth-order valence-corrected chi connectivity index (χ4v) is 3.03. The highest BCUT2D eigenvalue weighted by atomic mass is 32.1. The van der Waals surface area contributed by atoms with Crippen molar-refractivity contribution < 1.29 is 14.5 Å². The molecule has 0 spiro atoms. The van der Waals surface area contributed by atoms with Gasteiger partial charge in [-0.15, -0.1) is 0 Å². The van der Waals surface area contributed by atoms with E-state index in [0.29, 0.717) is 11.3 Å². The maximum absolute atomic E-state index is 12.6. The maximum Gasteiger partial charge on any atom is 0.282 e. The highest BCUT2D eigenvalue weighted by Crippen LogP contribution is 2.18. The number of benzene rings is 3. The quantitative estimate of drug-likeness (QED) is 0.357. The highest BCUT2D eigenvalue weighted by molar-refractivity contribution is 7.80. The zero-order valence-corrected chi connectivity index (χ0v) is 17.3. The minimum Gasteiger partial charge on any atom is -0.332 e. The summed E-state index contributed by atoms with van der Waals surface area (Å²) in [5.41, 5.74) is 1.39. The zero-order valence-electron chi connectivity index (χ0n) is 16.4. The van der Waals surface area contributed by atoms with Gasteiger partial charge in [0.2, 0.25) is 0 Å². The van der Waals surface area contributed by atoms with Crippen LogP contribution in [0.3, 0.4) is 0 Å². The van der Waals surface area contributed by atoms with Crippen LogP contribution in [0.15, 0.2) is 78.9 Å². The predicted molar refractivity (Wildman–Crippen MR) is 122 cm³/mol. The van der Waals surface area contributed by atoms with Crippen LogP contribution in [0.1, 0.15) is 20.7 Å². The van der Waals surface area contributed by atoms with Crippen molar-refractivity contribution in [3.05, 3.63) is 100 Å². The second-order valence-electron chi connectivity index (χ2n) is 6.46. The Hall–Kier alpha value is -4.11. The summed E-state index contributed by atoms with van der Waals surface area (Å²) in [6.45, 7) is 0. The van der Waals surface area contributed by atoms with Crippen LogP contribution in [0.5, 0.6) is 0 Å². The number of para-hydroxylation sites is 2. The van der Waals surface area contributed by atoms with E-state index in [4.69, 9.17) is 12.2 Å². The van der Waals surface area contributed by atoms with Crippen molar-refractivity contribution in [2.45, 2.75) is 0 Å². The van der Waals surface area contributed by atoms with E-state index in [0.717, 1.165) is 5.69 Å². The van der Waals surface area contributed by atoms with E-state index >= 15 is 0 Å². The molecule has 2 N–H and O–H groups in total. The highest BCUT2D eigenvalue weighted by Gasteiger charge is 2.20. The molecule has 9 heteroatoms. The topological polar surface area (TPSA) is 105 Å². The van der Waals surface area contributed by atoms with E-state index < -0.39 is 10.8 Å². The van der Waals surface area contributed by atoms with Crippen LogP contribution in [-0.4, -0.2) is 28.9 Å². The molecule has 31 heavy (non-hydrogen) atoms.